The summed E-state index contributed by atoms with van der Waals surface area (Å²) in [6, 6.07) is 1.62. The molecule has 0 saturated carbocycles. The summed E-state index contributed by atoms with van der Waals surface area (Å²) < 4.78 is 15.6. The molecule has 4 heterocycles. The van der Waals surface area contributed by atoms with E-state index in [2.05, 4.69) is 15.1 Å². The van der Waals surface area contributed by atoms with Crippen LogP contribution in [0.4, 0.5) is 0 Å². The summed E-state index contributed by atoms with van der Waals surface area (Å²) in [4.78, 5) is 39.4. The fourth-order valence-electron chi connectivity index (χ4n) is 3.57. The summed E-state index contributed by atoms with van der Waals surface area (Å²) in [5.74, 6) is 0.856. The minimum absolute atomic E-state index is 0.0848. The van der Waals surface area contributed by atoms with Gasteiger partial charge in [0.25, 0.3) is 11.8 Å². The third-order valence-corrected chi connectivity index (χ3v) is 6.33. The molecule has 2 amide bonds. The van der Waals surface area contributed by atoms with E-state index in [0.29, 0.717) is 53.3 Å². The number of aromatic nitrogens is 3. The fraction of sp³-hybridized carbons (Fsp3) is 0.450. The number of piperazine rings is 1. The zero-order valence-corrected chi connectivity index (χ0v) is 18.6. The zero-order valence-electron chi connectivity index (χ0n) is 17.8. The molecule has 31 heavy (non-hydrogen) atoms. The second kappa shape index (κ2) is 8.60. The minimum Gasteiger partial charge on any atom is -0.480 e. The predicted molar refractivity (Wildman–Crippen MR) is 112 cm³/mol. The highest BCUT2D eigenvalue weighted by molar-refractivity contribution is 7.20. The molecule has 0 radical (unpaired) electrons. The van der Waals surface area contributed by atoms with Crippen molar-refractivity contribution in [3.8, 4) is 5.88 Å². The molecule has 164 valence electrons. The summed E-state index contributed by atoms with van der Waals surface area (Å²) in [5.41, 5.74) is 1.45. The Morgan fingerprint density at radius 2 is 1.77 bits per heavy atom. The third-order valence-electron chi connectivity index (χ3n) is 5.16. The van der Waals surface area contributed by atoms with Gasteiger partial charge in [-0.05, 0) is 19.4 Å². The number of hydrogen-bond acceptors (Lipinski definition) is 9. The Hall–Kier alpha value is -3.05. The molecule has 0 unspecified atom stereocenters. The molecule has 0 bridgehead atoms. The van der Waals surface area contributed by atoms with Gasteiger partial charge in [0.05, 0.1) is 23.1 Å². The number of ether oxygens (including phenoxy) is 2. The molecular formula is C20H23N5O5S. The number of carbonyl (C=O) groups excluding carboxylic acids is 2. The number of fused-ring (bicyclic) bond motifs is 1. The third kappa shape index (κ3) is 3.98. The van der Waals surface area contributed by atoms with E-state index < -0.39 is 0 Å². The lowest BCUT2D eigenvalue weighted by Crippen LogP contribution is -2.50. The Balaban J connectivity index is 1.52. The highest BCUT2D eigenvalue weighted by atomic mass is 32.1. The Kier molecular flexibility index (Phi) is 5.88. The SMILES string of the molecule is COCc1nc(OC)c2c(C)c(C(=O)N3CCN(C(=O)c4cc(C)no4)CC3)sc2n1. The van der Waals surface area contributed by atoms with Crippen molar-refractivity contribution in [1.29, 1.82) is 0 Å². The van der Waals surface area contributed by atoms with Crippen molar-refractivity contribution in [3.63, 3.8) is 0 Å². The number of rotatable bonds is 5. The lowest BCUT2D eigenvalue weighted by molar-refractivity contribution is 0.0514. The molecule has 0 aromatic carbocycles. The van der Waals surface area contributed by atoms with Crippen molar-refractivity contribution in [1.82, 2.24) is 24.9 Å². The summed E-state index contributed by atoms with van der Waals surface area (Å²) in [7, 11) is 3.12. The van der Waals surface area contributed by atoms with Crippen LogP contribution in [0.1, 0.15) is 37.3 Å². The van der Waals surface area contributed by atoms with E-state index in [1.165, 1.54) is 11.3 Å². The van der Waals surface area contributed by atoms with Crippen LogP contribution in [0.2, 0.25) is 0 Å². The number of carbonyl (C=O) groups is 2. The number of amides is 2. The number of hydrogen-bond donors (Lipinski definition) is 0. The van der Waals surface area contributed by atoms with Gasteiger partial charge in [0.15, 0.2) is 5.82 Å². The van der Waals surface area contributed by atoms with E-state index >= 15 is 0 Å². The molecule has 3 aromatic rings. The average molecular weight is 446 g/mol. The first-order chi connectivity index (χ1) is 14.9. The quantitative estimate of drug-likeness (QED) is 0.587. The molecule has 0 aliphatic carbocycles. The molecule has 11 heteroatoms. The first-order valence-electron chi connectivity index (χ1n) is 9.77. The highest BCUT2D eigenvalue weighted by Crippen LogP contribution is 2.35. The Morgan fingerprint density at radius 1 is 1.10 bits per heavy atom. The van der Waals surface area contributed by atoms with Crippen molar-refractivity contribution >= 4 is 33.4 Å². The van der Waals surface area contributed by atoms with E-state index in [0.717, 1.165) is 10.9 Å². The van der Waals surface area contributed by atoms with E-state index in [4.69, 9.17) is 14.0 Å². The molecule has 0 atom stereocenters. The van der Waals surface area contributed by atoms with Gasteiger partial charge in [-0.1, -0.05) is 5.16 Å². The van der Waals surface area contributed by atoms with Crippen LogP contribution in [0.25, 0.3) is 10.2 Å². The van der Waals surface area contributed by atoms with Crippen molar-refractivity contribution in [2.45, 2.75) is 20.5 Å². The van der Waals surface area contributed by atoms with Crippen molar-refractivity contribution in [2.75, 3.05) is 40.4 Å². The normalized spacial score (nSPS) is 14.3. The fourth-order valence-corrected chi connectivity index (χ4v) is 4.72. The lowest BCUT2D eigenvalue weighted by Gasteiger charge is -2.34. The first kappa shape index (κ1) is 21.2. The molecule has 1 aliphatic heterocycles. The maximum Gasteiger partial charge on any atom is 0.292 e. The van der Waals surface area contributed by atoms with Crippen LogP contribution < -0.4 is 4.74 Å². The van der Waals surface area contributed by atoms with Crippen LogP contribution in [0.3, 0.4) is 0 Å². The van der Waals surface area contributed by atoms with Crippen LogP contribution >= 0.6 is 11.3 Å². The topological polar surface area (TPSA) is 111 Å². The number of nitrogens with zero attached hydrogens (tertiary/aromatic N) is 5. The van der Waals surface area contributed by atoms with Gasteiger partial charge in [-0.15, -0.1) is 11.3 Å². The van der Waals surface area contributed by atoms with Gasteiger partial charge in [-0.3, -0.25) is 9.59 Å². The summed E-state index contributed by atoms with van der Waals surface area (Å²) >= 11 is 1.32. The van der Waals surface area contributed by atoms with Crippen LogP contribution in [0.15, 0.2) is 10.6 Å². The van der Waals surface area contributed by atoms with Gasteiger partial charge in [0, 0.05) is 39.4 Å². The van der Waals surface area contributed by atoms with Crippen LogP contribution in [-0.2, 0) is 11.3 Å². The lowest BCUT2D eigenvalue weighted by atomic mass is 10.2. The van der Waals surface area contributed by atoms with Crippen molar-refractivity contribution in [3.05, 3.63) is 33.8 Å². The zero-order chi connectivity index (χ0) is 22.1. The monoisotopic (exact) mass is 445 g/mol. The summed E-state index contributed by atoms with van der Waals surface area (Å²) in [6.07, 6.45) is 0. The molecule has 0 spiro atoms. The van der Waals surface area contributed by atoms with Crippen molar-refractivity contribution < 1.29 is 23.6 Å². The van der Waals surface area contributed by atoms with Gasteiger partial charge in [0.2, 0.25) is 11.6 Å². The van der Waals surface area contributed by atoms with Gasteiger partial charge in [-0.2, -0.15) is 4.98 Å². The standard InChI is InChI=1S/C20H23N5O5S/c1-11-9-13(30-23-11)19(26)24-5-7-25(8-6-24)20(27)16-12(2)15-17(29-4)21-14(10-28-3)22-18(15)31-16/h9H,5-8,10H2,1-4H3. The molecular weight excluding hydrogens is 422 g/mol. The van der Waals surface area contributed by atoms with Gasteiger partial charge in [-0.25, -0.2) is 4.98 Å². The highest BCUT2D eigenvalue weighted by Gasteiger charge is 2.30. The summed E-state index contributed by atoms with van der Waals surface area (Å²) in [5, 5.41) is 4.50. The maximum absolute atomic E-state index is 13.2. The van der Waals surface area contributed by atoms with Crippen molar-refractivity contribution in [2.24, 2.45) is 0 Å². The molecule has 4 rings (SSSR count). The molecule has 1 aliphatic rings. The van der Waals surface area contributed by atoms with Gasteiger partial charge >= 0.3 is 0 Å². The molecule has 3 aromatic heterocycles. The predicted octanol–water partition coefficient (Wildman–Crippen LogP) is 2.05. The molecule has 0 N–H and O–H groups in total. The minimum atomic E-state index is -0.212. The first-order valence-corrected chi connectivity index (χ1v) is 10.6. The van der Waals surface area contributed by atoms with E-state index in [9.17, 15) is 9.59 Å². The maximum atomic E-state index is 13.2. The largest absolute Gasteiger partial charge is 0.480 e. The molecule has 10 nitrogen and oxygen atoms in total. The number of aryl methyl sites for hydroxylation is 2. The second-order valence-corrected chi connectivity index (χ2v) is 8.23. The van der Waals surface area contributed by atoms with E-state index in [1.54, 1.807) is 37.0 Å². The number of methoxy groups -OCH3 is 2. The van der Waals surface area contributed by atoms with Gasteiger partial charge < -0.3 is 23.8 Å². The van der Waals surface area contributed by atoms with E-state index in [1.807, 2.05) is 6.92 Å². The van der Waals surface area contributed by atoms with Crippen LogP contribution in [-0.4, -0.2) is 77.1 Å². The number of thiophene rings is 1. The summed E-state index contributed by atoms with van der Waals surface area (Å²) in [6.45, 7) is 5.62. The van der Waals surface area contributed by atoms with Gasteiger partial charge in [0.1, 0.15) is 11.4 Å². The smallest absolute Gasteiger partial charge is 0.292 e. The second-order valence-electron chi connectivity index (χ2n) is 7.24. The Morgan fingerprint density at radius 3 is 2.35 bits per heavy atom. The van der Waals surface area contributed by atoms with E-state index in [-0.39, 0.29) is 24.2 Å². The average Bonchev–Trinajstić information content (AvgIpc) is 3.36. The Bertz CT molecular complexity index is 1130. The van der Waals surface area contributed by atoms with Crippen LogP contribution in [0.5, 0.6) is 5.88 Å². The molecule has 1 saturated heterocycles. The Labute approximate surface area is 182 Å². The molecule has 1 fully saturated rings. The van der Waals surface area contributed by atoms with Crippen LogP contribution in [0, 0.1) is 13.8 Å².